The first-order chi connectivity index (χ1) is 9.80. The predicted molar refractivity (Wildman–Crippen MR) is 85.0 cm³/mol. The molecule has 1 amide bonds. The second-order valence-corrected chi connectivity index (χ2v) is 7.46. The summed E-state index contributed by atoms with van der Waals surface area (Å²) in [5.41, 5.74) is 3.76. The van der Waals surface area contributed by atoms with Crippen molar-refractivity contribution in [2.45, 2.75) is 57.8 Å². The van der Waals surface area contributed by atoms with E-state index in [0.717, 1.165) is 24.3 Å². The van der Waals surface area contributed by atoms with Gasteiger partial charge in [0.2, 0.25) is 5.91 Å². The lowest BCUT2D eigenvalue weighted by Gasteiger charge is -2.49. The zero-order chi connectivity index (χ0) is 15.4. The summed E-state index contributed by atoms with van der Waals surface area (Å²) in [4.78, 5) is 12.1. The van der Waals surface area contributed by atoms with Crippen molar-refractivity contribution in [1.82, 2.24) is 0 Å². The first-order valence-corrected chi connectivity index (χ1v) is 7.83. The zero-order valence-corrected chi connectivity index (χ0v) is 13.7. The SMILES string of the molecule is COc1cc2c3c(c1)[C@@](C)(C(C)C)CC[C@@]3(C)CC(=O)N2. The standard InChI is InChI=1S/C18H25NO2/c1-11(2)18(4)7-6-17(3)10-15(20)19-14-9-12(21-5)8-13(18)16(14)17/h8-9,11H,6-7,10H2,1-5H3,(H,19,20)/t17-,18+/m0/s1. The average Bonchev–Trinajstić information content (AvgIpc) is 2.41. The second kappa shape index (κ2) is 4.49. The van der Waals surface area contributed by atoms with Crippen molar-refractivity contribution < 1.29 is 9.53 Å². The van der Waals surface area contributed by atoms with Crippen LogP contribution < -0.4 is 10.1 Å². The molecule has 1 aromatic carbocycles. The van der Waals surface area contributed by atoms with Crippen LogP contribution in [-0.2, 0) is 15.6 Å². The molecule has 0 aromatic heterocycles. The highest BCUT2D eigenvalue weighted by Gasteiger charge is 2.48. The molecule has 1 N–H and O–H groups in total. The number of amides is 1. The van der Waals surface area contributed by atoms with Crippen LogP contribution in [0.5, 0.6) is 5.75 Å². The minimum atomic E-state index is -0.0341. The number of hydrogen-bond acceptors (Lipinski definition) is 2. The Kier molecular flexibility index (Phi) is 3.09. The number of anilines is 1. The molecule has 0 bridgehead atoms. The number of carbonyl (C=O) groups excluding carboxylic acids is 1. The summed E-state index contributed by atoms with van der Waals surface area (Å²) < 4.78 is 5.47. The molecule has 1 aliphatic carbocycles. The van der Waals surface area contributed by atoms with Crippen molar-refractivity contribution in [2.75, 3.05) is 12.4 Å². The van der Waals surface area contributed by atoms with E-state index in [4.69, 9.17) is 4.74 Å². The topological polar surface area (TPSA) is 38.3 Å². The van der Waals surface area contributed by atoms with Gasteiger partial charge in [-0.3, -0.25) is 4.79 Å². The van der Waals surface area contributed by atoms with Crippen LogP contribution in [-0.4, -0.2) is 13.0 Å². The largest absolute Gasteiger partial charge is 0.497 e. The fraction of sp³-hybridized carbons (Fsp3) is 0.611. The first-order valence-electron chi connectivity index (χ1n) is 7.83. The van der Waals surface area contributed by atoms with E-state index < -0.39 is 0 Å². The molecule has 1 aromatic rings. The summed E-state index contributed by atoms with van der Waals surface area (Å²) in [5, 5.41) is 3.06. The molecule has 1 aliphatic heterocycles. The molecule has 0 fully saturated rings. The summed E-state index contributed by atoms with van der Waals surface area (Å²) in [5.74, 6) is 1.51. The molecule has 3 rings (SSSR count). The lowest BCUT2D eigenvalue weighted by molar-refractivity contribution is -0.117. The molecule has 0 unspecified atom stereocenters. The molecule has 0 spiro atoms. The van der Waals surface area contributed by atoms with Crippen molar-refractivity contribution >= 4 is 11.6 Å². The minimum absolute atomic E-state index is 0.0341. The van der Waals surface area contributed by atoms with Gasteiger partial charge in [0.05, 0.1) is 7.11 Å². The van der Waals surface area contributed by atoms with Gasteiger partial charge in [-0.15, -0.1) is 0 Å². The third kappa shape index (κ3) is 1.97. The summed E-state index contributed by atoms with van der Waals surface area (Å²) in [6.07, 6.45) is 2.78. The molecule has 0 saturated carbocycles. The van der Waals surface area contributed by atoms with Gasteiger partial charge in [-0.2, -0.15) is 0 Å². The van der Waals surface area contributed by atoms with Gasteiger partial charge in [0.15, 0.2) is 0 Å². The Morgan fingerprint density at radius 3 is 2.57 bits per heavy atom. The van der Waals surface area contributed by atoms with Crippen LogP contribution in [0.3, 0.4) is 0 Å². The first kappa shape index (κ1) is 14.4. The molecule has 2 aliphatic rings. The average molecular weight is 287 g/mol. The molecule has 21 heavy (non-hydrogen) atoms. The maximum Gasteiger partial charge on any atom is 0.225 e. The van der Waals surface area contributed by atoms with Gasteiger partial charge < -0.3 is 10.1 Å². The van der Waals surface area contributed by atoms with Crippen molar-refractivity contribution in [3.05, 3.63) is 23.3 Å². The van der Waals surface area contributed by atoms with Crippen LogP contribution in [0.15, 0.2) is 12.1 Å². The highest BCUT2D eigenvalue weighted by molar-refractivity contribution is 5.96. The fourth-order valence-corrected chi connectivity index (χ4v) is 4.05. The number of nitrogens with one attached hydrogen (secondary N) is 1. The lowest BCUT2D eigenvalue weighted by atomic mass is 9.56. The summed E-state index contributed by atoms with van der Waals surface area (Å²) in [6, 6.07) is 4.16. The maximum absolute atomic E-state index is 12.1. The summed E-state index contributed by atoms with van der Waals surface area (Å²) in [7, 11) is 1.69. The van der Waals surface area contributed by atoms with Crippen LogP contribution >= 0.6 is 0 Å². The number of rotatable bonds is 2. The summed E-state index contributed by atoms with van der Waals surface area (Å²) >= 11 is 0. The normalized spacial score (nSPS) is 30.9. The third-order valence-electron chi connectivity index (χ3n) is 5.86. The number of carbonyl (C=O) groups is 1. The van der Waals surface area contributed by atoms with Gasteiger partial charge in [0.25, 0.3) is 0 Å². The molecule has 3 nitrogen and oxygen atoms in total. The van der Waals surface area contributed by atoms with Crippen molar-refractivity contribution in [3.63, 3.8) is 0 Å². The van der Waals surface area contributed by atoms with Crippen molar-refractivity contribution in [3.8, 4) is 5.75 Å². The van der Waals surface area contributed by atoms with Gasteiger partial charge in [0, 0.05) is 23.6 Å². The van der Waals surface area contributed by atoms with E-state index in [1.54, 1.807) is 7.11 Å². The fourth-order valence-electron chi connectivity index (χ4n) is 4.05. The number of hydrogen-bond donors (Lipinski definition) is 1. The van der Waals surface area contributed by atoms with Crippen LogP contribution in [0.2, 0.25) is 0 Å². The van der Waals surface area contributed by atoms with E-state index in [9.17, 15) is 4.79 Å². The molecule has 114 valence electrons. The van der Waals surface area contributed by atoms with E-state index >= 15 is 0 Å². The zero-order valence-electron chi connectivity index (χ0n) is 13.7. The van der Waals surface area contributed by atoms with Gasteiger partial charge in [-0.05, 0) is 41.4 Å². The van der Waals surface area contributed by atoms with E-state index in [1.807, 2.05) is 6.07 Å². The van der Waals surface area contributed by atoms with E-state index in [2.05, 4.69) is 39.1 Å². The van der Waals surface area contributed by atoms with Crippen LogP contribution in [0.1, 0.15) is 58.1 Å². The van der Waals surface area contributed by atoms with Crippen LogP contribution in [0, 0.1) is 5.92 Å². The predicted octanol–water partition coefficient (Wildman–Crippen LogP) is 4.00. The smallest absolute Gasteiger partial charge is 0.225 e. The highest BCUT2D eigenvalue weighted by Crippen LogP contribution is 2.55. The molecule has 3 heteroatoms. The molecular weight excluding hydrogens is 262 g/mol. The van der Waals surface area contributed by atoms with Crippen LogP contribution in [0.4, 0.5) is 5.69 Å². The number of methoxy groups -OCH3 is 1. The maximum atomic E-state index is 12.1. The Morgan fingerprint density at radius 2 is 1.95 bits per heavy atom. The van der Waals surface area contributed by atoms with Gasteiger partial charge in [-0.1, -0.05) is 27.7 Å². The van der Waals surface area contributed by atoms with Gasteiger partial charge in [0.1, 0.15) is 5.75 Å². The Labute approximate surface area is 127 Å². The molecule has 1 heterocycles. The molecule has 2 atom stereocenters. The van der Waals surface area contributed by atoms with Gasteiger partial charge in [-0.25, -0.2) is 0 Å². The quantitative estimate of drug-likeness (QED) is 0.892. The molecular formula is C18H25NO2. The third-order valence-corrected chi connectivity index (χ3v) is 5.86. The van der Waals surface area contributed by atoms with Crippen LogP contribution in [0.25, 0.3) is 0 Å². The Bertz CT molecular complexity index is 607. The number of benzene rings is 1. The monoisotopic (exact) mass is 287 g/mol. The highest BCUT2D eigenvalue weighted by atomic mass is 16.5. The van der Waals surface area contributed by atoms with Gasteiger partial charge >= 0.3 is 0 Å². The van der Waals surface area contributed by atoms with E-state index in [0.29, 0.717) is 12.3 Å². The Balaban J connectivity index is 2.30. The van der Waals surface area contributed by atoms with E-state index in [-0.39, 0.29) is 16.7 Å². The van der Waals surface area contributed by atoms with E-state index in [1.165, 1.54) is 11.1 Å². The lowest BCUT2D eigenvalue weighted by Crippen LogP contribution is -2.45. The summed E-state index contributed by atoms with van der Waals surface area (Å²) in [6.45, 7) is 9.16. The number of ether oxygens (including phenoxy) is 1. The Morgan fingerprint density at radius 1 is 1.24 bits per heavy atom. The van der Waals surface area contributed by atoms with Crippen molar-refractivity contribution in [1.29, 1.82) is 0 Å². The molecule has 0 saturated heterocycles. The molecule has 0 radical (unpaired) electrons. The second-order valence-electron chi connectivity index (χ2n) is 7.46. The Hall–Kier alpha value is -1.51. The van der Waals surface area contributed by atoms with Crippen molar-refractivity contribution in [2.24, 2.45) is 5.92 Å². The minimum Gasteiger partial charge on any atom is -0.497 e.